The van der Waals surface area contributed by atoms with E-state index in [1.165, 1.54) is 5.52 Å². The molecule has 0 aliphatic carbocycles. The van der Waals surface area contributed by atoms with Crippen molar-refractivity contribution in [3.63, 3.8) is 0 Å². The van der Waals surface area contributed by atoms with Crippen molar-refractivity contribution in [1.82, 2.24) is 30.1 Å². The third-order valence-electron chi connectivity index (χ3n) is 5.18. The second kappa shape index (κ2) is 8.50. The van der Waals surface area contributed by atoms with E-state index >= 15 is 0 Å². The number of aromatic nitrogens is 3. The number of imidazole rings is 1. The lowest BCUT2D eigenvalue weighted by Gasteiger charge is -2.32. The van der Waals surface area contributed by atoms with Crippen molar-refractivity contribution in [2.45, 2.75) is 32.6 Å². The predicted molar refractivity (Wildman–Crippen MR) is 109 cm³/mol. The van der Waals surface area contributed by atoms with Gasteiger partial charge in [0.05, 0.1) is 23.6 Å². The third-order valence-corrected chi connectivity index (χ3v) is 5.18. The van der Waals surface area contributed by atoms with Crippen molar-refractivity contribution in [3.8, 4) is 0 Å². The van der Waals surface area contributed by atoms with Crippen molar-refractivity contribution in [2.24, 2.45) is 0 Å². The van der Waals surface area contributed by atoms with Gasteiger partial charge in [0.15, 0.2) is 0 Å². The Balaban J connectivity index is 1.39. The Bertz CT molecular complexity index is 938. The lowest BCUT2D eigenvalue weighted by molar-refractivity contribution is -0.124. The average Bonchev–Trinajstić information content (AvgIpc) is 3.09. The number of carbonyl (C=O) groups is 1. The zero-order valence-corrected chi connectivity index (χ0v) is 16.1. The number of benzene rings is 1. The number of para-hydroxylation sites is 2. The monoisotopic (exact) mass is 378 g/mol. The highest BCUT2D eigenvalue weighted by Gasteiger charge is 2.26. The van der Waals surface area contributed by atoms with Gasteiger partial charge in [-0.05, 0) is 30.7 Å². The molecule has 7 nitrogen and oxygen atoms in total. The van der Waals surface area contributed by atoms with Gasteiger partial charge in [0.2, 0.25) is 5.91 Å². The van der Waals surface area contributed by atoms with E-state index in [0.717, 1.165) is 43.1 Å². The van der Waals surface area contributed by atoms with Gasteiger partial charge in [0, 0.05) is 45.1 Å². The summed E-state index contributed by atoms with van der Waals surface area (Å²) in [6.07, 6.45) is 3.51. The van der Waals surface area contributed by atoms with Gasteiger partial charge in [-0.25, -0.2) is 4.98 Å². The molecule has 3 heterocycles. The Morgan fingerprint density at radius 3 is 3.00 bits per heavy atom. The Labute approximate surface area is 164 Å². The minimum atomic E-state index is -0.218. The maximum atomic E-state index is 12.6. The van der Waals surface area contributed by atoms with E-state index in [0.29, 0.717) is 13.1 Å². The zero-order valence-electron chi connectivity index (χ0n) is 16.1. The van der Waals surface area contributed by atoms with Crippen LogP contribution in [-0.4, -0.2) is 51.0 Å². The molecule has 146 valence electrons. The number of piperazine rings is 1. The maximum absolute atomic E-state index is 12.6. The van der Waals surface area contributed by atoms with Crippen LogP contribution in [0.15, 0.2) is 48.8 Å². The Morgan fingerprint density at radius 2 is 2.18 bits per heavy atom. The van der Waals surface area contributed by atoms with Gasteiger partial charge in [-0.1, -0.05) is 18.2 Å². The van der Waals surface area contributed by atoms with E-state index in [1.54, 1.807) is 12.4 Å². The Hall–Kier alpha value is -2.77. The summed E-state index contributed by atoms with van der Waals surface area (Å²) in [6, 6.07) is 11.9. The molecule has 1 unspecified atom stereocenters. The quantitative estimate of drug-likeness (QED) is 0.681. The fourth-order valence-electron chi connectivity index (χ4n) is 3.74. The summed E-state index contributed by atoms with van der Waals surface area (Å²) in [5, 5.41) is 6.34. The molecule has 1 aromatic carbocycles. The number of hydrogen-bond donors (Lipinski definition) is 2. The fraction of sp³-hybridized carbons (Fsp3) is 0.381. The molecule has 1 amide bonds. The van der Waals surface area contributed by atoms with Crippen LogP contribution in [0.3, 0.4) is 0 Å². The number of nitrogens with zero attached hydrogens (tertiary/aromatic N) is 4. The molecule has 0 saturated carbocycles. The summed E-state index contributed by atoms with van der Waals surface area (Å²) in [6.45, 7) is 6.64. The third kappa shape index (κ3) is 4.05. The second-order valence-corrected chi connectivity index (χ2v) is 7.08. The standard InChI is InChI=1S/C21H26N6O/c1-2-27-19-8-4-3-7-17(19)25-20(27)15-26-11-10-23-18(14-26)21(28)24-13-16-6-5-9-22-12-16/h3-9,12,18,23H,2,10-11,13-15H2,1H3,(H,24,28). The number of amides is 1. The predicted octanol–water partition coefficient (Wildman–Crippen LogP) is 1.54. The first-order valence-corrected chi connectivity index (χ1v) is 9.81. The molecule has 1 saturated heterocycles. The van der Waals surface area contributed by atoms with Gasteiger partial charge in [0.25, 0.3) is 0 Å². The number of pyridine rings is 1. The maximum Gasteiger partial charge on any atom is 0.238 e. The van der Waals surface area contributed by atoms with E-state index in [9.17, 15) is 4.79 Å². The van der Waals surface area contributed by atoms with E-state index in [2.05, 4.69) is 44.1 Å². The molecule has 3 aromatic rings. The Morgan fingerprint density at radius 1 is 1.29 bits per heavy atom. The minimum absolute atomic E-state index is 0.0255. The van der Waals surface area contributed by atoms with Crippen LogP contribution in [0.4, 0.5) is 0 Å². The van der Waals surface area contributed by atoms with Crippen molar-refractivity contribution in [2.75, 3.05) is 19.6 Å². The highest BCUT2D eigenvalue weighted by Crippen LogP contribution is 2.17. The highest BCUT2D eigenvalue weighted by atomic mass is 16.2. The second-order valence-electron chi connectivity index (χ2n) is 7.08. The van der Waals surface area contributed by atoms with E-state index in [4.69, 9.17) is 4.98 Å². The first-order valence-electron chi connectivity index (χ1n) is 9.81. The van der Waals surface area contributed by atoms with Crippen LogP contribution in [0.2, 0.25) is 0 Å². The lowest BCUT2D eigenvalue weighted by Crippen LogP contribution is -2.56. The molecule has 1 aliphatic heterocycles. The number of fused-ring (bicyclic) bond motifs is 1. The molecule has 4 rings (SSSR count). The normalized spacial score (nSPS) is 17.7. The van der Waals surface area contributed by atoms with Gasteiger partial charge >= 0.3 is 0 Å². The molecule has 2 aromatic heterocycles. The minimum Gasteiger partial charge on any atom is -0.351 e. The van der Waals surface area contributed by atoms with Crippen LogP contribution in [0, 0.1) is 0 Å². The Kier molecular flexibility index (Phi) is 5.64. The topological polar surface area (TPSA) is 75.1 Å². The molecule has 0 bridgehead atoms. The average molecular weight is 378 g/mol. The van der Waals surface area contributed by atoms with E-state index in [1.807, 2.05) is 24.3 Å². The molecule has 0 spiro atoms. The van der Waals surface area contributed by atoms with Gasteiger partial charge in [-0.2, -0.15) is 0 Å². The van der Waals surface area contributed by atoms with E-state index < -0.39 is 0 Å². The smallest absolute Gasteiger partial charge is 0.238 e. The molecular formula is C21H26N6O. The van der Waals surface area contributed by atoms with Gasteiger partial charge in [-0.15, -0.1) is 0 Å². The van der Waals surface area contributed by atoms with Crippen molar-refractivity contribution in [1.29, 1.82) is 0 Å². The van der Waals surface area contributed by atoms with Crippen molar-refractivity contribution >= 4 is 16.9 Å². The van der Waals surface area contributed by atoms with Crippen molar-refractivity contribution in [3.05, 3.63) is 60.2 Å². The summed E-state index contributed by atoms with van der Waals surface area (Å²) in [7, 11) is 0. The van der Waals surface area contributed by atoms with Crippen LogP contribution in [-0.2, 0) is 24.4 Å². The molecule has 7 heteroatoms. The largest absolute Gasteiger partial charge is 0.351 e. The first-order chi connectivity index (χ1) is 13.7. The number of nitrogens with one attached hydrogen (secondary N) is 2. The van der Waals surface area contributed by atoms with Gasteiger partial charge < -0.3 is 15.2 Å². The van der Waals surface area contributed by atoms with Crippen LogP contribution in [0.25, 0.3) is 11.0 Å². The number of aryl methyl sites for hydroxylation is 1. The lowest BCUT2D eigenvalue weighted by atomic mass is 10.2. The molecule has 1 aliphatic rings. The SMILES string of the molecule is CCn1c(CN2CCNC(C(=O)NCc3cccnc3)C2)nc2ccccc21. The van der Waals surface area contributed by atoms with Crippen LogP contribution in [0.5, 0.6) is 0 Å². The fourth-order valence-corrected chi connectivity index (χ4v) is 3.74. The van der Waals surface area contributed by atoms with Crippen LogP contribution >= 0.6 is 0 Å². The summed E-state index contributed by atoms with van der Waals surface area (Å²) in [4.78, 5) is 23.8. The summed E-state index contributed by atoms with van der Waals surface area (Å²) in [5.41, 5.74) is 3.20. The van der Waals surface area contributed by atoms with Gasteiger partial charge in [0.1, 0.15) is 5.82 Å². The molecule has 28 heavy (non-hydrogen) atoms. The molecular weight excluding hydrogens is 352 g/mol. The first kappa shape index (κ1) is 18.6. The number of rotatable bonds is 6. The van der Waals surface area contributed by atoms with Crippen LogP contribution < -0.4 is 10.6 Å². The number of carbonyl (C=O) groups excluding carboxylic acids is 1. The number of hydrogen-bond acceptors (Lipinski definition) is 5. The molecule has 1 fully saturated rings. The summed E-state index contributed by atoms with van der Waals surface area (Å²) in [5.74, 6) is 1.08. The van der Waals surface area contributed by atoms with E-state index in [-0.39, 0.29) is 11.9 Å². The molecule has 1 atom stereocenters. The van der Waals surface area contributed by atoms with Crippen LogP contribution in [0.1, 0.15) is 18.3 Å². The van der Waals surface area contributed by atoms with Crippen molar-refractivity contribution < 1.29 is 4.79 Å². The summed E-state index contributed by atoms with van der Waals surface area (Å²) < 4.78 is 2.26. The molecule has 0 radical (unpaired) electrons. The zero-order chi connectivity index (χ0) is 19.3. The molecule has 2 N–H and O–H groups in total. The highest BCUT2D eigenvalue weighted by molar-refractivity contribution is 5.82. The summed E-state index contributed by atoms with van der Waals surface area (Å²) >= 11 is 0. The van der Waals surface area contributed by atoms with Gasteiger partial charge in [-0.3, -0.25) is 14.7 Å².